The van der Waals surface area contributed by atoms with Gasteiger partial charge >= 0.3 is 0 Å². The summed E-state index contributed by atoms with van der Waals surface area (Å²) < 4.78 is 5.83. The third-order valence-electron chi connectivity index (χ3n) is 4.48. The highest BCUT2D eigenvalue weighted by atomic mass is 35.5. The SMILES string of the molecule is CC1(C)OCC2CN(CC(=O)Nc3c(Cl)cccc3Cl)CCN21. The molecule has 3 rings (SSSR count). The number of halogens is 2. The predicted octanol–water partition coefficient (Wildman–Crippen LogP) is 2.68. The summed E-state index contributed by atoms with van der Waals surface area (Å²) in [4.78, 5) is 16.8. The number of fused-ring (bicyclic) bond motifs is 1. The Morgan fingerprint density at radius 2 is 2.04 bits per heavy atom. The molecule has 7 heteroatoms. The number of carbonyl (C=O) groups is 1. The lowest BCUT2D eigenvalue weighted by molar-refractivity contribution is -0.118. The molecule has 1 unspecified atom stereocenters. The van der Waals surface area contributed by atoms with E-state index in [-0.39, 0.29) is 11.6 Å². The Morgan fingerprint density at radius 3 is 2.74 bits per heavy atom. The normalized spacial score (nSPS) is 24.4. The molecule has 2 aliphatic rings. The van der Waals surface area contributed by atoms with Crippen LogP contribution in [-0.4, -0.2) is 60.3 Å². The van der Waals surface area contributed by atoms with Crippen LogP contribution in [0.1, 0.15) is 13.8 Å². The molecule has 1 aromatic rings. The highest BCUT2D eigenvalue weighted by molar-refractivity contribution is 6.39. The van der Waals surface area contributed by atoms with Crippen molar-refractivity contribution in [3.8, 4) is 0 Å². The lowest BCUT2D eigenvalue weighted by atomic mass is 10.1. The van der Waals surface area contributed by atoms with Gasteiger partial charge in [0.25, 0.3) is 0 Å². The lowest BCUT2D eigenvalue weighted by Gasteiger charge is -2.41. The number of rotatable bonds is 3. The molecule has 1 amide bonds. The Morgan fingerprint density at radius 1 is 1.35 bits per heavy atom. The predicted molar refractivity (Wildman–Crippen MR) is 92.1 cm³/mol. The minimum Gasteiger partial charge on any atom is -0.359 e. The minimum absolute atomic E-state index is 0.105. The summed E-state index contributed by atoms with van der Waals surface area (Å²) in [6, 6.07) is 5.51. The number of amides is 1. The van der Waals surface area contributed by atoms with Crippen LogP contribution >= 0.6 is 23.2 Å². The zero-order valence-electron chi connectivity index (χ0n) is 13.3. The van der Waals surface area contributed by atoms with E-state index in [1.165, 1.54) is 0 Å². The highest BCUT2D eigenvalue weighted by Gasteiger charge is 2.43. The molecule has 1 aromatic carbocycles. The van der Waals surface area contributed by atoms with Crippen molar-refractivity contribution in [2.45, 2.75) is 25.6 Å². The first-order valence-corrected chi connectivity index (χ1v) is 8.49. The van der Waals surface area contributed by atoms with E-state index < -0.39 is 0 Å². The molecule has 1 atom stereocenters. The number of nitrogens with one attached hydrogen (secondary N) is 1. The monoisotopic (exact) mass is 357 g/mol. The van der Waals surface area contributed by atoms with Crippen molar-refractivity contribution in [2.24, 2.45) is 0 Å². The molecule has 126 valence electrons. The number of piperazine rings is 1. The number of benzene rings is 1. The van der Waals surface area contributed by atoms with Gasteiger partial charge in [0.15, 0.2) is 0 Å². The van der Waals surface area contributed by atoms with E-state index in [9.17, 15) is 4.79 Å². The molecule has 0 spiro atoms. The molecule has 23 heavy (non-hydrogen) atoms. The van der Waals surface area contributed by atoms with E-state index in [4.69, 9.17) is 27.9 Å². The third-order valence-corrected chi connectivity index (χ3v) is 5.11. The number of nitrogens with zero attached hydrogens (tertiary/aromatic N) is 2. The van der Waals surface area contributed by atoms with Crippen LogP contribution in [0, 0.1) is 0 Å². The summed E-state index contributed by atoms with van der Waals surface area (Å²) in [5.74, 6) is -0.105. The van der Waals surface area contributed by atoms with Crippen LogP contribution in [0.2, 0.25) is 10.0 Å². The fourth-order valence-electron chi connectivity index (χ4n) is 3.30. The van der Waals surface area contributed by atoms with E-state index in [2.05, 4.69) is 29.0 Å². The Balaban J connectivity index is 1.57. The smallest absolute Gasteiger partial charge is 0.238 e. The first kappa shape index (κ1) is 17.0. The van der Waals surface area contributed by atoms with E-state index >= 15 is 0 Å². The van der Waals surface area contributed by atoms with Gasteiger partial charge in [-0.25, -0.2) is 0 Å². The van der Waals surface area contributed by atoms with Crippen LogP contribution in [0.4, 0.5) is 5.69 Å². The molecule has 2 heterocycles. The van der Waals surface area contributed by atoms with Crippen molar-refractivity contribution in [3.63, 3.8) is 0 Å². The molecule has 2 saturated heterocycles. The standard InChI is InChI=1S/C16H21Cl2N3O2/c1-16(2)21-7-6-20(8-11(21)10-23-16)9-14(22)19-15-12(17)4-3-5-13(15)18/h3-5,11H,6-10H2,1-2H3,(H,19,22). The average molecular weight is 358 g/mol. The molecule has 0 bridgehead atoms. The second kappa shape index (κ2) is 6.57. The van der Waals surface area contributed by atoms with Crippen LogP contribution in [0.3, 0.4) is 0 Å². The molecule has 0 aromatic heterocycles. The second-order valence-corrected chi connectivity index (χ2v) is 7.30. The molecule has 2 aliphatic heterocycles. The number of carbonyl (C=O) groups excluding carboxylic acids is 1. The highest BCUT2D eigenvalue weighted by Crippen LogP contribution is 2.31. The van der Waals surface area contributed by atoms with Crippen molar-refractivity contribution in [3.05, 3.63) is 28.2 Å². The first-order chi connectivity index (χ1) is 10.9. The van der Waals surface area contributed by atoms with Gasteiger partial charge in [0.2, 0.25) is 5.91 Å². The van der Waals surface area contributed by atoms with Crippen LogP contribution in [0.5, 0.6) is 0 Å². The molecule has 2 fully saturated rings. The van der Waals surface area contributed by atoms with Crippen LogP contribution in [0.15, 0.2) is 18.2 Å². The van der Waals surface area contributed by atoms with Gasteiger partial charge in [-0.05, 0) is 26.0 Å². The van der Waals surface area contributed by atoms with Gasteiger partial charge in [-0.1, -0.05) is 29.3 Å². The number of hydrogen-bond donors (Lipinski definition) is 1. The first-order valence-electron chi connectivity index (χ1n) is 7.74. The fraction of sp³-hybridized carbons (Fsp3) is 0.562. The van der Waals surface area contributed by atoms with Gasteiger partial charge in [-0.15, -0.1) is 0 Å². The summed E-state index contributed by atoms with van der Waals surface area (Å²) in [6.45, 7) is 7.79. The van der Waals surface area contributed by atoms with E-state index in [1.807, 2.05) is 0 Å². The Labute approximate surface area is 146 Å². The summed E-state index contributed by atoms with van der Waals surface area (Å²) in [5.41, 5.74) is 0.272. The quantitative estimate of drug-likeness (QED) is 0.903. The van der Waals surface area contributed by atoms with Gasteiger partial charge in [0, 0.05) is 25.7 Å². The molecular formula is C16H21Cl2N3O2. The maximum Gasteiger partial charge on any atom is 0.238 e. The van der Waals surface area contributed by atoms with Gasteiger partial charge in [-0.2, -0.15) is 0 Å². The Kier molecular flexibility index (Phi) is 4.85. The Hall–Kier alpha value is -0.850. The summed E-state index contributed by atoms with van der Waals surface area (Å²) in [7, 11) is 0. The van der Waals surface area contributed by atoms with Crippen LogP contribution in [0.25, 0.3) is 0 Å². The summed E-state index contributed by atoms with van der Waals surface area (Å²) in [5, 5.41) is 3.70. The number of anilines is 1. The third kappa shape index (κ3) is 3.64. The van der Waals surface area contributed by atoms with Crippen molar-refractivity contribution < 1.29 is 9.53 Å². The van der Waals surface area contributed by atoms with Gasteiger partial charge in [-0.3, -0.25) is 14.6 Å². The maximum atomic E-state index is 12.3. The van der Waals surface area contributed by atoms with Crippen molar-refractivity contribution in [1.29, 1.82) is 0 Å². The second-order valence-electron chi connectivity index (χ2n) is 6.48. The van der Waals surface area contributed by atoms with Crippen molar-refractivity contribution >= 4 is 34.8 Å². The fourth-order valence-corrected chi connectivity index (χ4v) is 3.79. The van der Waals surface area contributed by atoms with Gasteiger partial charge in [0.05, 0.1) is 28.9 Å². The number of hydrogen-bond acceptors (Lipinski definition) is 4. The molecule has 0 saturated carbocycles. The van der Waals surface area contributed by atoms with Gasteiger partial charge in [0.1, 0.15) is 5.72 Å². The average Bonchev–Trinajstić information content (AvgIpc) is 2.78. The summed E-state index contributed by atoms with van der Waals surface area (Å²) in [6.07, 6.45) is 0. The van der Waals surface area contributed by atoms with E-state index in [1.54, 1.807) is 18.2 Å². The molecule has 1 N–H and O–H groups in total. The van der Waals surface area contributed by atoms with E-state index in [0.717, 1.165) is 19.6 Å². The van der Waals surface area contributed by atoms with E-state index in [0.29, 0.717) is 34.9 Å². The molecule has 0 radical (unpaired) electrons. The van der Waals surface area contributed by atoms with Crippen molar-refractivity contribution in [2.75, 3.05) is 38.1 Å². The number of ether oxygens (including phenoxy) is 1. The maximum absolute atomic E-state index is 12.3. The van der Waals surface area contributed by atoms with Crippen LogP contribution in [-0.2, 0) is 9.53 Å². The van der Waals surface area contributed by atoms with Gasteiger partial charge < -0.3 is 10.1 Å². The molecule has 0 aliphatic carbocycles. The zero-order chi connectivity index (χ0) is 16.6. The molecule has 5 nitrogen and oxygen atoms in total. The topological polar surface area (TPSA) is 44.8 Å². The minimum atomic E-state index is -0.204. The van der Waals surface area contributed by atoms with Crippen LogP contribution < -0.4 is 5.32 Å². The number of para-hydroxylation sites is 1. The largest absolute Gasteiger partial charge is 0.359 e. The zero-order valence-corrected chi connectivity index (χ0v) is 14.8. The summed E-state index contributed by atoms with van der Waals surface area (Å²) >= 11 is 12.2. The Bertz CT molecular complexity index is 589. The lowest BCUT2D eigenvalue weighted by Crippen LogP contribution is -2.57. The molecular weight excluding hydrogens is 337 g/mol. The van der Waals surface area contributed by atoms with Crippen molar-refractivity contribution in [1.82, 2.24) is 9.80 Å².